The van der Waals surface area contributed by atoms with Crippen molar-refractivity contribution in [3.05, 3.63) is 29.6 Å². The molecular weight excluding hydrogens is 236 g/mol. The van der Waals surface area contributed by atoms with Crippen LogP contribution in [0.15, 0.2) is 18.2 Å². The predicted octanol–water partition coefficient (Wildman–Crippen LogP) is 1.93. The molecule has 1 aliphatic carbocycles. The lowest BCUT2D eigenvalue weighted by molar-refractivity contribution is 0.406. The number of likely N-dealkylation sites (N-methyl/N-ethyl adjacent to an activating group) is 1. The molecule has 2 N–H and O–H groups in total. The second-order valence-electron chi connectivity index (χ2n) is 5.71. The van der Waals surface area contributed by atoms with Crippen LogP contribution in [0.25, 0.3) is 11.0 Å². The van der Waals surface area contributed by atoms with Gasteiger partial charge in [0.15, 0.2) is 0 Å². The molecule has 0 aliphatic heterocycles. The number of fused-ring (bicyclic) bond motifs is 1. The van der Waals surface area contributed by atoms with Gasteiger partial charge in [-0.3, -0.25) is 0 Å². The van der Waals surface area contributed by atoms with Crippen molar-refractivity contribution in [2.24, 2.45) is 5.73 Å². The molecule has 1 fully saturated rings. The first-order valence-corrected chi connectivity index (χ1v) is 7.03. The summed E-state index contributed by atoms with van der Waals surface area (Å²) >= 11 is 0. The molecule has 4 nitrogen and oxygen atoms in total. The Morgan fingerprint density at radius 2 is 2.16 bits per heavy atom. The fraction of sp³-hybridized carbons (Fsp3) is 0.533. The molecule has 19 heavy (non-hydrogen) atoms. The molecule has 2 aromatic rings. The Balaban J connectivity index is 2.01. The van der Waals surface area contributed by atoms with Crippen molar-refractivity contribution in [2.45, 2.75) is 31.8 Å². The Bertz CT molecular complexity index is 581. The number of imidazole rings is 1. The summed E-state index contributed by atoms with van der Waals surface area (Å²) in [5.41, 5.74) is 9.25. The quantitative estimate of drug-likeness (QED) is 0.891. The van der Waals surface area contributed by atoms with Gasteiger partial charge in [0.2, 0.25) is 0 Å². The summed E-state index contributed by atoms with van der Waals surface area (Å²) in [6.07, 6.45) is 3.59. The van der Waals surface area contributed by atoms with Crippen LogP contribution in [0, 0.1) is 0 Å². The van der Waals surface area contributed by atoms with Crippen LogP contribution in [-0.2, 0) is 13.0 Å². The summed E-state index contributed by atoms with van der Waals surface area (Å²) in [5, 5.41) is 0. The highest BCUT2D eigenvalue weighted by Crippen LogP contribution is 2.38. The normalized spacial score (nSPS) is 15.6. The molecule has 0 amide bonds. The minimum absolute atomic E-state index is 0.583. The monoisotopic (exact) mass is 258 g/mol. The standard InChI is InChI=1S/C15H22N4/c1-18(2)8-7-15-17-13-9-11(10-16)3-6-14(13)19(15)12-4-5-12/h3,6,9,12H,4-5,7-8,10,16H2,1-2H3. The molecule has 1 saturated carbocycles. The summed E-state index contributed by atoms with van der Waals surface area (Å²) in [7, 11) is 4.22. The molecular formula is C15H22N4. The maximum Gasteiger partial charge on any atom is 0.111 e. The van der Waals surface area contributed by atoms with Gasteiger partial charge in [0, 0.05) is 25.6 Å². The van der Waals surface area contributed by atoms with E-state index in [1.54, 1.807) is 0 Å². The van der Waals surface area contributed by atoms with Gasteiger partial charge in [0.1, 0.15) is 5.82 Å². The van der Waals surface area contributed by atoms with E-state index in [0.29, 0.717) is 12.6 Å². The van der Waals surface area contributed by atoms with Crippen LogP contribution in [0.3, 0.4) is 0 Å². The molecule has 0 bridgehead atoms. The maximum absolute atomic E-state index is 5.72. The third kappa shape index (κ3) is 2.51. The average molecular weight is 258 g/mol. The van der Waals surface area contributed by atoms with E-state index in [0.717, 1.165) is 24.0 Å². The number of nitrogens with two attached hydrogens (primary N) is 1. The van der Waals surface area contributed by atoms with E-state index in [1.807, 2.05) is 0 Å². The minimum Gasteiger partial charge on any atom is -0.326 e. The largest absolute Gasteiger partial charge is 0.326 e. The summed E-state index contributed by atoms with van der Waals surface area (Å²) in [4.78, 5) is 7.05. The molecule has 0 saturated heterocycles. The molecule has 1 aliphatic rings. The number of aromatic nitrogens is 2. The number of benzene rings is 1. The van der Waals surface area contributed by atoms with E-state index in [2.05, 4.69) is 41.8 Å². The zero-order valence-electron chi connectivity index (χ0n) is 11.8. The van der Waals surface area contributed by atoms with Gasteiger partial charge in [0.25, 0.3) is 0 Å². The second kappa shape index (κ2) is 4.94. The average Bonchev–Trinajstić information content (AvgIpc) is 3.16. The number of hydrogen-bond acceptors (Lipinski definition) is 3. The van der Waals surface area contributed by atoms with Gasteiger partial charge < -0.3 is 15.2 Å². The summed E-state index contributed by atoms with van der Waals surface area (Å²) in [5.74, 6) is 1.22. The van der Waals surface area contributed by atoms with Crippen molar-refractivity contribution in [3.8, 4) is 0 Å². The van der Waals surface area contributed by atoms with Crippen LogP contribution >= 0.6 is 0 Å². The number of nitrogens with zero attached hydrogens (tertiary/aromatic N) is 3. The zero-order chi connectivity index (χ0) is 13.4. The Kier molecular flexibility index (Phi) is 3.29. The predicted molar refractivity (Wildman–Crippen MR) is 78.2 cm³/mol. The lowest BCUT2D eigenvalue weighted by Crippen LogP contribution is -2.17. The topological polar surface area (TPSA) is 47.1 Å². The summed E-state index contributed by atoms with van der Waals surface area (Å²) in [6.45, 7) is 1.62. The molecule has 102 valence electrons. The maximum atomic E-state index is 5.72. The van der Waals surface area contributed by atoms with Gasteiger partial charge in [-0.15, -0.1) is 0 Å². The van der Waals surface area contributed by atoms with Crippen LogP contribution in [0.5, 0.6) is 0 Å². The zero-order valence-corrected chi connectivity index (χ0v) is 11.8. The van der Waals surface area contributed by atoms with Crippen LogP contribution in [0.1, 0.15) is 30.3 Å². The van der Waals surface area contributed by atoms with Crippen LogP contribution in [0.4, 0.5) is 0 Å². The van der Waals surface area contributed by atoms with Gasteiger partial charge in [-0.2, -0.15) is 0 Å². The van der Waals surface area contributed by atoms with Crippen molar-refractivity contribution >= 4 is 11.0 Å². The molecule has 1 aromatic heterocycles. The first kappa shape index (κ1) is 12.6. The Hall–Kier alpha value is -1.39. The van der Waals surface area contributed by atoms with Crippen molar-refractivity contribution in [3.63, 3.8) is 0 Å². The third-order valence-electron chi connectivity index (χ3n) is 3.76. The van der Waals surface area contributed by atoms with Crippen molar-refractivity contribution in [2.75, 3.05) is 20.6 Å². The highest BCUT2D eigenvalue weighted by Gasteiger charge is 2.27. The fourth-order valence-corrected chi connectivity index (χ4v) is 2.56. The summed E-state index contributed by atoms with van der Waals surface area (Å²) < 4.78 is 2.44. The number of rotatable bonds is 5. The van der Waals surface area contributed by atoms with Crippen molar-refractivity contribution in [1.29, 1.82) is 0 Å². The summed E-state index contributed by atoms with van der Waals surface area (Å²) in [6, 6.07) is 7.11. The van der Waals surface area contributed by atoms with E-state index in [1.165, 1.54) is 24.2 Å². The van der Waals surface area contributed by atoms with Crippen LogP contribution < -0.4 is 5.73 Å². The molecule has 3 rings (SSSR count). The highest BCUT2D eigenvalue weighted by atomic mass is 15.1. The Labute approximate surface area is 114 Å². The molecule has 0 spiro atoms. The molecule has 0 atom stereocenters. The van der Waals surface area contributed by atoms with Crippen molar-refractivity contribution in [1.82, 2.24) is 14.5 Å². The van der Waals surface area contributed by atoms with Crippen LogP contribution in [-0.4, -0.2) is 35.1 Å². The molecule has 0 radical (unpaired) electrons. The smallest absolute Gasteiger partial charge is 0.111 e. The number of hydrogen-bond donors (Lipinski definition) is 1. The van der Waals surface area contributed by atoms with Gasteiger partial charge in [-0.25, -0.2) is 4.98 Å². The van der Waals surface area contributed by atoms with Gasteiger partial charge >= 0.3 is 0 Å². The van der Waals surface area contributed by atoms with Gasteiger partial charge in [0.05, 0.1) is 11.0 Å². The molecule has 1 heterocycles. The molecule has 1 aromatic carbocycles. The second-order valence-corrected chi connectivity index (χ2v) is 5.71. The van der Waals surface area contributed by atoms with Crippen molar-refractivity contribution < 1.29 is 0 Å². The molecule has 0 unspecified atom stereocenters. The lowest BCUT2D eigenvalue weighted by atomic mass is 10.2. The van der Waals surface area contributed by atoms with E-state index in [-0.39, 0.29) is 0 Å². The van der Waals surface area contributed by atoms with Gasteiger partial charge in [-0.05, 0) is 44.6 Å². The van der Waals surface area contributed by atoms with E-state index >= 15 is 0 Å². The Morgan fingerprint density at radius 1 is 1.37 bits per heavy atom. The first-order valence-electron chi connectivity index (χ1n) is 7.03. The fourth-order valence-electron chi connectivity index (χ4n) is 2.56. The SMILES string of the molecule is CN(C)CCc1nc2cc(CN)ccc2n1C1CC1. The third-order valence-corrected chi connectivity index (χ3v) is 3.76. The Morgan fingerprint density at radius 3 is 2.79 bits per heavy atom. The van der Waals surface area contributed by atoms with E-state index < -0.39 is 0 Å². The lowest BCUT2D eigenvalue weighted by Gasteiger charge is -2.11. The van der Waals surface area contributed by atoms with E-state index in [9.17, 15) is 0 Å². The van der Waals surface area contributed by atoms with Gasteiger partial charge in [-0.1, -0.05) is 6.07 Å². The molecule has 4 heteroatoms. The minimum atomic E-state index is 0.583. The first-order chi connectivity index (χ1) is 9.19. The van der Waals surface area contributed by atoms with Crippen LogP contribution in [0.2, 0.25) is 0 Å². The van der Waals surface area contributed by atoms with E-state index in [4.69, 9.17) is 10.7 Å². The highest BCUT2D eigenvalue weighted by molar-refractivity contribution is 5.77.